The molecule has 1 aliphatic heterocycles. The summed E-state index contributed by atoms with van der Waals surface area (Å²) in [5, 5.41) is 3.40. The van der Waals surface area contributed by atoms with Gasteiger partial charge in [-0.25, -0.2) is 9.69 Å². The normalized spacial score (nSPS) is 17.0. The number of alkyl halides is 3. The first-order chi connectivity index (χ1) is 12.2. The fourth-order valence-corrected chi connectivity index (χ4v) is 3.11. The lowest BCUT2D eigenvalue weighted by Crippen LogP contribution is -2.54. The fourth-order valence-electron chi connectivity index (χ4n) is 2.25. The molecule has 0 atom stereocenters. The van der Waals surface area contributed by atoms with E-state index in [0.717, 1.165) is 12.1 Å². The number of amides is 4. The van der Waals surface area contributed by atoms with E-state index in [1.807, 2.05) is 5.32 Å². The minimum Gasteiger partial charge on any atom is -0.273 e. The zero-order valence-corrected chi connectivity index (χ0v) is 14.2. The van der Waals surface area contributed by atoms with E-state index >= 15 is 0 Å². The Morgan fingerprint density at radius 3 is 2.50 bits per heavy atom. The SMILES string of the molecule is O=C1NC(=O)N(c2cc(C(F)(F)F)ccc2Cl)C(=O)/C1=C\c1cccs1. The van der Waals surface area contributed by atoms with Crippen LogP contribution in [0.25, 0.3) is 6.08 Å². The second-order valence-corrected chi connectivity index (χ2v) is 6.52. The molecule has 5 nitrogen and oxygen atoms in total. The van der Waals surface area contributed by atoms with Crippen molar-refractivity contribution in [3.8, 4) is 0 Å². The first-order valence-electron chi connectivity index (χ1n) is 7.00. The molecule has 26 heavy (non-hydrogen) atoms. The molecule has 1 aliphatic rings. The predicted octanol–water partition coefficient (Wildman–Crippen LogP) is 4.09. The molecule has 0 bridgehead atoms. The predicted molar refractivity (Wildman–Crippen MR) is 89.8 cm³/mol. The van der Waals surface area contributed by atoms with Crippen molar-refractivity contribution in [1.29, 1.82) is 0 Å². The van der Waals surface area contributed by atoms with E-state index in [1.165, 1.54) is 17.4 Å². The summed E-state index contributed by atoms with van der Waals surface area (Å²) in [5.41, 5.74) is -1.94. The van der Waals surface area contributed by atoms with Crippen LogP contribution in [0.4, 0.5) is 23.7 Å². The van der Waals surface area contributed by atoms with Gasteiger partial charge in [0, 0.05) is 4.88 Å². The van der Waals surface area contributed by atoms with E-state index in [9.17, 15) is 27.6 Å². The highest BCUT2D eigenvalue weighted by atomic mass is 35.5. The van der Waals surface area contributed by atoms with Crippen LogP contribution in [0.3, 0.4) is 0 Å². The van der Waals surface area contributed by atoms with Crippen molar-refractivity contribution in [3.63, 3.8) is 0 Å². The molecule has 0 unspecified atom stereocenters. The molecule has 2 heterocycles. The molecule has 0 radical (unpaired) electrons. The highest BCUT2D eigenvalue weighted by molar-refractivity contribution is 7.10. The van der Waals surface area contributed by atoms with E-state index < -0.39 is 35.3 Å². The second-order valence-electron chi connectivity index (χ2n) is 5.14. The van der Waals surface area contributed by atoms with E-state index in [-0.39, 0.29) is 10.6 Å². The number of urea groups is 1. The lowest BCUT2D eigenvalue weighted by atomic mass is 10.1. The summed E-state index contributed by atoms with van der Waals surface area (Å²) in [4.78, 5) is 37.7. The van der Waals surface area contributed by atoms with Gasteiger partial charge in [-0.05, 0) is 35.7 Å². The third-order valence-electron chi connectivity index (χ3n) is 3.45. The summed E-state index contributed by atoms with van der Waals surface area (Å²) in [6, 6.07) is 4.39. The van der Waals surface area contributed by atoms with Crippen molar-refractivity contribution in [2.45, 2.75) is 6.18 Å². The van der Waals surface area contributed by atoms with Gasteiger partial charge in [-0.15, -0.1) is 11.3 Å². The van der Waals surface area contributed by atoms with Crippen molar-refractivity contribution < 1.29 is 27.6 Å². The van der Waals surface area contributed by atoms with Gasteiger partial charge in [-0.1, -0.05) is 17.7 Å². The van der Waals surface area contributed by atoms with E-state index in [4.69, 9.17) is 11.6 Å². The van der Waals surface area contributed by atoms with E-state index in [2.05, 4.69) is 0 Å². The van der Waals surface area contributed by atoms with E-state index in [1.54, 1.807) is 17.5 Å². The van der Waals surface area contributed by atoms with Crippen molar-refractivity contribution >= 4 is 52.5 Å². The van der Waals surface area contributed by atoms with Gasteiger partial charge in [0.2, 0.25) is 0 Å². The van der Waals surface area contributed by atoms with Gasteiger partial charge >= 0.3 is 12.2 Å². The van der Waals surface area contributed by atoms with Crippen LogP contribution >= 0.6 is 22.9 Å². The van der Waals surface area contributed by atoms with Crippen molar-refractivity contribution in [2.75, 3.05) is 4.90 Å². The summed E-state index contributed by atoms with van der Waals surface area (Å²) in [7, 11) is 0. The number of hydrogen-bond donors (Lipinski definition) is 1. The number of halogens is 4. The number of imide groups is 2. The maximum absolute atomic E-state index is 12.9. The standard InChI is InChI=1S/C16H8ClF3N2O3S/c17-11-4-3-8(16(18,19)20)6-12(11)22-14(24)10(13(23)21-15(22)25)7-9-2-1-5-26-9/h1-7H,(H,21,23,25)/b10-7-. The quantitative estimate of drug-likeness (QED) is 0.610. The second kappa shape index (κ2) is 6.58. The summed E-state index contributed by atoms with van der Waals surface area (Å²) in [6.07, 6.45) is -3.44. The number of rotatable bonds is 2. The summed E-state index contributed by atoms with van der Waals surface area (Å²) in [5.74, 6) is -2.00. The number of carbonyl (C=O) groups is 3. The van der Waals surface area contributed by atoms with Crippen molar-refractivity contribution in [2.24, 2.45) is 0 Å². The van der Waals surface area contributed by atoms with Gasteiger partial charge in [-0.3, -0.25) is 14.9 Å². The van der Waals surface area contributed by atoms with Gasteiger partial charge in [-0.2, -0.15) is 13.2 Å². The number of barbiturate groups is 1. The highest BCUT2D eigenvalue weighted by Crippen LogP contribution is 2.36. The molecule has 1 aromatic carbocycles. The molecule has 10 heteroatoms. The monoisotopic (exact) mass is 400 g/mol. The van der Waals surface area contributed by atoms with Crippen LogP contribution in [0.2, 0.25) is 5.02 Å². The number of nitrogens with one attached hydrogen (secondary N) is 1. The zero-order chi connectivity index (χ0) is 19.1. The first-order valence-corrected chi connectivity index (χ1v) is 8.26. The van der Waals surface area contributed by atoms with Gasteiger partial charge in [0.25, 0.3) is 11.8 Å². The number of anilines is 1. The van der Waals surface area contributed by atoms with Crippen molar-refractivity contribution in [1.82, 2.24) is 5.32 Å². The molecular formula is C16H8ClF3N2O3S. The number of hydrogen-bond acceptors (Lipinski definition) is 4. The van der Waals surface area contributed by atoms with Gasteiger partial charge < -0.3 is 0 Å². The number of nitrogens with zero attached hydrogens (tertiary/aromatic N) is 1. The Morgan fingerprint density at radius 2 is 1.88 bits per heavy atom. The summed E-state index contributed by atoms with van der Waals surface area (Å²) < 4.78 is 38.8. The molecule has 134 valence electrons. The van der Waals surface area contributed by atoms with Crippen LogP contribution in [0.5, 0.6) is 0 Å². The smallest absolute Gasteiger partial charge is 0.273 e. The molecule has 1 aromatic heterocycles. The summed E-state index contributed by atoms with van der Waals surface area (Å²) >= 11 is 7.13. The average molecular weight is 401 g/mol. The molecule has 0 saturated carbocycles. The molecule has 4 amide bonds. The highest BCUT2D eigenvalue weighted by Gasteiger charge is 2.39. The lowest BCUT2D eigenvalue weighted by Gasteiger charge is -2.27. The largest absolute Gasteiger partial charge is 0.416 e. The third kappa shape index (κ3) is 3.35. The van der Waals surface area contributed by atoms with Crippen LogP contribution in [-0.2, 0) is 15.8 Å². The number of thiophene rings is 1. The van der Waals surface area contributed by atoms with Crippen molar-refractivity contribution in [3.05, 3.63) is 56.7 Å². The molecule has 0 spiro atoms. The molecular weight excluding hydrogens is 393 g/mol. The van der Waals surface area contributed by atoms with Gasteiger partial charge in [0.15, 0.2) is 0 Å². The van der Waals surface area contributed by atoms with Crippen LogP contribution in [-0.4, -0.2) is 17.8 Å². The molecule has 0 aliphatic carbocycles. The van der Waals surface area contributed by atoms with Gasteiger partial charge in [0.1, 0.15) is 5.57 Å². The van der Waals surface area contributed by atoms with Crippen LogP contribution < -0.4 is 10.2 Å². The average Bonchev–Trinajstić information content (AvgIpc) is 3.05. The van der Waals surface area contributed by atoms with Crippen LogP contribution in [0.1, 0.15) is 10.4 Å². The molecule has 1 N–H and O–H groups in total. The van der Waals surface area contributed by atoms with Crippen LogP contribution in [0.15, 0.2) is 41.3 Å². The molecule has 2 aromatic rings. The Labute approximate surface area is 153 Å². The fraction of sp³-hybridized carbons (Fsp3) is 0.0625. The minimum atomic E-state index is -4.69. The Morgan fingerprint density at radius 1 is 1.15 bits per heavy atom. The molecule has 1 fully saturated rings. The maximum atomic E-state index is 12.9. The third-order valence-corrected chi connectivity index (χ3v) is 4.58. The maximum Gasteiger partial charge on any atom is 0.416 e. The zero-order valence-electron chi connectivity index (χ0n) is 12.6. The topological polar surface area (TPSA) is 66.5 Å². The Balaban J connectivity index is 2.08. The minimum absolute atomic E-state index is 0.244. The Kier molecular flexibility index (Phi) is 4.59. The number of carbonyl (C=O) groups excluding carboxylic acids is 3. The molecule has 1 saturated heterocycles. The van der Waals surface area contributed by atoms with Gasteiger partial charge in [0.05, 0.1) is 16.3 Å². The van der Waals surface area contributed by atoms with E-state index in [0.29, 0.717) is 15.8 Å². The van der Waals surface area contributed by atoms with Crippen LogP contribution in [0, 0.1) is 0 Å². The lowest BCUT2D eigenvalue weighted by molar-refractivity contribution is -0.137. The summed E-state index contributed by atoms with van der Waals surface area (Å²) in [6.45, 7) is 0. The Hall–Kier alpha value is -2.65. The molecule has 3 rings (SSSR count). The first kappa shape index (κ1) is 18.2. The Bertz CT molecular complexity index is 939. The number of benzene rings is 1.